The lowest BCUT2D eigenvalue weighted by atomic mass is 10.0. The molecule has 10 heteroatoms. The first-order valence-electron chi connectivity index (χ1n) is 9.85. The van der Waals surface area contributed by atoms with Gasteiger partial charge in [0.05, 0.1) is 4.90 Å². The number of carbonyl (C=O) groups is 1. The number of benzene rings is 3. The zero-order valence-corrected chi connectivity index (χ0v) is 19.4. The molecule has 0 bridgehead atoms. The first-order chi connectivity index (χ1) is 15.2. The third-order valence-electron chi connectivity index (χ3n) is 4.82. The molecule has 6 N–H and O–H groups in total. The lowest BCUT2D eigenvalue weighted by Gasteiger charge is -2.19. The summed E-state index contributed by atoms with van der Waals surface area (Å²) in [6.07, 6.45) is 0.591. The molecule has 0 aliphatic carbocycles. The number of rotatable bonds is 9. The lowest BCUT2D eigenvalue weighted by Crippen LogP contribution is -2.21. The molecular weight excluding hydrogens is 464 g/mol. The Kier molecular flexibility index (Phi) is 8.44. The number of hydrogen-bond acceptors (Lipinski definition) is 5. The normalized spacial score (nSPS) is 11.7. The van der Waals surface area contributed by atoms with Crippen LogP contribution in [0, 0.1) is 5.41 Å². The van der Waals surface area contributed by atoms with Crippen LogP contribution in [0.1, 0.15) is 29.7 Å². The zero-order chi connectivity index (χ0) is 23.3. The second kappa shape index (κ2) is 10.8. The number of nitrogen functional groups attached to an aromatic ring is 1. The first-order valence-corrected chi connectivity index (χ1v) is 11.3. The predicted octanol–water partition coefficient (Wildman–Crippen LogP) is 3.99. The standard InChI is InChI=1S/C23H24N4O4S.ClH/c1-2-15-12-17(14-19(13-15)27-32(30,31)20-6-4-3-5-7-20)21(23(28)29)26-18-10-8-16(9-11-18)22(24)25;/h3-14,21,26-27H,2H2,1H3,(H3,24,25)(H,28,29);1H. The molecule has 3 rings (SSSR count). The highest BCUT2D eigenvalue weighted by molar-refractivity contribution is 7.92. The van der Waals surface area contributed by atoms with Gasteiger partial charge in [0.2, 0.25) is 0 Å². The van der Waals surface area contributed by atoms with Crippen molar-refractivity contribution in [2.45, 2.75) is 24.3 Å². The lowest BCUT2D eigenvalue weighted by molar-refractivity contribution is -0.138. The molecule has 0 saturated carbocycles. The number of aliphatic carboxylic acids is 1. The van der Waals surface area contributed by atoms with Crippen molar-refractivity contribution in [2.24, 2.45) is 5.73 Å². The topological polar surface area (TPSA) is 145 Å². The number of hydrogen-bond donors (Lipinski definition) is 5. The maximum Gasteiger partial charge on any atom is 0.330 e. The third-order valence-corrected chi connectivity index (χ3v) is 6.21. The van der Waals surface area contributed by atoms with E-state index in [1.54, 1.807) is 54.6 Å². The Morgan fingerprint density at radius 2 is 1.67 bits per heavy atom. The van der Waals surface area contributed by atoms with Gasteiger partial charge in [0, 0.05) is 16.9 Å². The Bertz CT molecular complexity index is 1230. The molecule has 8 nitrogen and oxygen atoms in total. The number of aryl methyl sites for hydroxylation is 1. The van der Waals surface area contributed by atoms with Gasteiger partial charge < -0.3 is 16.2 Å². The molecule has 33 heavy (non-hydrogen) atoms. The molecule has 3 aromatic rings. The molecule has 3 aromatic carbocycles. The zero-order valence-electron chi connectivity index (χ0n) is 17.8. The Morgan fingerprint density at radius 1 is 1.03 bits per heavy atom. The molecule has 0 spiro atoms. The van der Waals surface area contributed by atoms with E-state index in [-0.39, 0.29) is 28.8 Å². The quantitative estimate of drug-likeness (QED) is 0.227. The largest absolute Gasteiger partial charge is 0.479 e. The van der Waals surface area contributed by atoms with Crippen LogP contribution in [0.2, 0.25) is 0 Å². The Balaban J connectivity index is 0.00000385. The summed E-state index contributed by atoms with van der Waals surface area (Å²) < 4.78 is 28.0. The van der Waals surface area contributed by atoms with Crippen molar-refractivity contribution in [1.82, 2.24) is 0 Å². The van der Waals surface area contributed by atoms with E-state index in [0.717, 1.165) is 5.56 Å². The fourth-order valence-corrected chi connectivity index (χ4v) is 4.22. The van der Waals surface area contributed by atoms with Crippen molar-refractivity contribution in [3.8, 4) is 0 Å². The van der Waals surface area contributed by atoms with E-state index in [1.807, 2.05) is 6.92 Å². The molecule has 174 valence electrons. The molecular formula is C23H25ClN4O4S. The number of carboxylic acids is 1. The maximum atomic E-state index is 12.7. The molecule has 0 radical (unpaired) electrons. The van der Waals surface area contributed by atoms with E-state index < -0.39 is 22.0 Å². The van der Waals surface area contributed by atoms with Crippen molar-refractivity contribution in [1.29, 1.82) is 5.41 Å². The van der Waals surface area contributed by atoms with Crippen LogP contribution in [0.5, 0.6) is 0 Å². The van der Waals surface area contributed by atoms with Crippen molar-refractivity contribution in [3.63, 3.8) is 0 Å². The third kappa shape index (κ3) is 6.47. The second-order valence-electron chi connectivity index (χ2n) is 7.14. The van der Waals surface area contributed by atoms with Crippen LogP contribution >= 0.6 is 12.4 Å². The summed E-state index contributed by atoms with van der Waals surface area (Å²) in [6.45, 7) is 1.90. The van der Waals surface area contributed by atoms with Crippen molar-refractivity contribution in [3.05, 3.63) is 89.5 Å². The summed E-state index contributed by atoms with van der Waals surface area (Å²) in [6, 6.07) is 18.3. The molecule has 0 aromatic heterocycles. The number of nitrogens with two attached hydrogens (primary N) is 1. The van der Waals surface area contributed by atoms with E-state index >= 15 is 0 Å². The van der Waals surface area contributed by atoms with Gasteiger partial charge in [0.1, 0.15) is 5.84 Å². The average molecular weight is 489 g/mol. The number of nitrogens with one attached hydrogen (secondary N) is 3. The number of halogens is 1. The highest BCUT2D eigenvalue weighted by Crippen LogP contribution is 2.26. The van der Waals surface area contributed by atoms with Crippen molar-refractivity contribution < 1.29 is 18.3 Å². The molecule has 0 aliphatic rings. The summed E-state index contributed by atoms with van der Waals surface area (Å²) in [4.78, 5) is 12.2. The number of anilines is 2. The van der Waals surface area contributed by atoms with Gasteiger partial charge in [-0.05, 0) is 66.1 Å². The molecule has 1 atom stereocenters. The van der Waals surface area contributed by atoms with Gasteiger partial charge in [-0.2, -0.15) is 0 Å². The molecule has 0 heterocycles. The molecule has 0 saturated heterocycles. The van der Waals surface area contributed by atoms with Crippen LogP contribution in [-0.4, -0.2) is 25.3 Å². The van der Waals surface area contributed by atoms with Gasteiger partial charge in [-0.3, -0.25) is 10.1 Å². The van der Waals surface area contributed by atoms with Crippen LogP contribution in [0.3, 0.4) is 0 Å². The fourth-order valence-electron chi connectivity index (χ4n) is 3.16. The van der Waals surface area contributed by atoms with Gasteiger partial charge in [0.15, 0.2) is 6.04 Å². The van der Waals surface area contributed by atoms with Crippen LogP contribution in [0.15, 0.2) is 77.7 Å². The average Bonchev–Trinajstić information content (AvgIpc) is 2.77. The Labute approximate surface area is 198 Å². The minimum atomic E-state index is -3.82. The molecule has 0 fully saturated rings. The summed E-state index contributed by atoms with van der Waals surface area (Å²) in [5, 5.41) is 20.2. The Hall–Kier alpha value is -3.56. The van der Waals surface area contributed by atoms with Gasteiger partial charge in [0.25, 0.3) is 10.0 Å². The monoisotopic (exact) mass is 488 g/mol. The summed E-state index contributed by atoms with van der Waals surface area (Å²) in [5.41, 5.74) is 7.97. The van der Waals surface area contributed by atoms with Crippen LogP contribution in [-0.2, 0) is 21.2 Å². The van der Waals surface area contributed by atoms with Crippen LogP contribution < -0.4 is 15.8 Å². The van der Waals surface area contributed by atoms with E-state index in [4.69, 9.17) is 11.1 Å². The van der Waals surface area contributed by atoms with Gasteiger partial charge in [-0.15, -0.1) is 12.4 Å². The summed E-state index contributed by atoms with van der Waals surface area (Å²) in [7, 11) is -3.82. The van der Waals surface area contributed by atoms with Crippen molar-refractivity contribution in [2.75, 3.05) is 10.0 Å². The fraction of sp³-hybridized carbons (Fsp3) is 0.130. The summed E-state index contributed by atoms with van der Waals surface area (Å²) >= 11 is 0. The van der Waals surface area contributed by atoms with E-state index in [1.165, 1.54) is 18.2 Å². The van der Waals surface area contributed by atoms with Gasteiger partial charge in [-0.1, -0.05) is 31.2 Å². The van der Waals surface area contributed by atoms with Crippen LogP contribution in [0.4, 0.5) is 11.4 Å². The minimum absolute atomic E-state index is 0. The molecule has 1 unspecified atom stereocenters. The SMILES string of the molecule is CCc1cc(NS(=O)(=O)c2ccccc2)cc(C(Nc2ccc(C(=N)N)cc2)C(=O)O)c1.Cl. The minimum Gasteiger partial charge on any atom is -0.479 e. The highest BCUT2D eigenvalue weighted by Gasteiger charge is 2.22. The van der Waals surface area contributed by atoms with E-state index in [2.05, 4.69) is 10.0 Å². The predicted molar refractivity (Wildman–Crippen MR) is 132 cm³/mol. The number of sulfonamides is 1. The molecule has 0 amide bonds. The number of amidine groups is 1. The summed E-state index contributed by atoms with van der Waals surface area (Å²) in [5.74, 6) is -1.21. The first kappa shape index (κ1) is 25.7. The van der Waals surface area contributed by atoms with Gasteiger partial charge >= 0.3 is 5.97 Å². The van der Waals surface area contributed by atoms with E-state index in [9.17, 15) is 18.3 Å². The van der Waals surface area contributed by atoms with Crippen LogP contribution in [0.25, 0.3) is 0 Å². The smallest absolute Gasteiger partial charge is 0.330 e. The molecule has 0 aliphatic heterocycles. The Morgan fingerprint density at radius 3 is 2.21 bits per heavy atom. The second-order valence-corrected chi connectivity index (χ2v) is 8.82. The maximum absolute atomic E-state index is 12.7. The highest BCUT2D eigenvalue weighted by atomic mass is 35.5. The van der Waals surface area contributed by atoms with E-state index in [0.29, 0.717) is 23.2 Å². The van der Waals surface area contributed by atoms with Gasteiger partial charge in [-0.25, -0.2) is 13.2 Å². The van der Waals surface area contributed by atoms with Crippen molar-refractivity contribution >= 4 is 45.6 Å². The number of carboxylic acid groups (broad SMARTS) is 1.